The molecule has 0 saturated carbocycles. The molecule has 0 saturated heterocycles. The zero-order valence-corrected chi connectivity index (χ0v) is 11.9. The molecule has 2 atom stereocenters. The number of ether oxygens (including phenoxy) is 1. The number of benzene rings is 2. The Kier molecular flexibility index (Phi) is 4.03. The van der Waals surface area contributed by atoms with Gasteiger partial charge in [0, 0.05) is 18.0 Å². The van der Waals surface area contributed by atoms with E-state index in [4.69, 9.17) is 4.74 Å². The molecule has 1 aliphatic heterocycles. The van der Waals surface area contributed by atoms with Gasteiger partial charge in [-0.25, -0.2) is 0 Å². The fourth-order valence-electron chi connectivity index (χ4n) is 3.08. The molecular formula is C18H21NO. The normalized spacial score (nSPS) is 18.4. The molecule has 0 aromatic heterocycles. The van der Waals surface area contributed by atoms with Crippen LogP contribution in [0, 0.1) is 0 Å². The van der Waals surface area contributed by atoms with Crippen molar-refractivity contribution in [3.63, 3.8) is 0 Å². The Morgan fingerprint density at radius 2 is 1.85 bits per heavy atom. The lowest BCUT2D eigenvalue weighted by Crippen LogP contribution is -2.20. The van der Waals surface area contributed by atoms with Gasteiger partial charge in [-0.2, -0.15) is 0 Å². The minimum absolute atomic E-state index is 0.504. The van der Waals surface area contributed by atoms with E-state index >= 15 is 0 Å². The van der Waals surface area contributed by atoms with Crippen LogP contribution in [-0.4, -0.2) is 20.2 Å². The maximum Gasteiger partial charge on any atom is 0.122 e. The molecule has 0 spiro atoms. The summed E-state index contributed by atoms with van der Waals surface area (Å²) in [6, 6.07) is 19.2. The van der Waals surface area contributed by atoms with Gasteiger partial charge in [-0.15, -0.1) is 0 Å². The van der Waals surface area contributed by atoms with Gasteiger partial charge in [0.05, 0.1) is 6.61 Å². The van der Waals surface area contributed by atoms with E-state index in [9.17, 15) is 0 Å². The molecule has 3 rings (SSSR count). The van der Waals surface area contributed by atoms with Gasteiger partial charge in [-0.1, -0.05) is 48.5 Å². The van der Waals surface area contributed by atoms with E-state index in [0.29, 0.717) is 11.8 Å². The van der Waals surface area contributed by atoms with Crippen LogP contribution in [0.3, 0.4) is 0 Å². The average Bonchev–Trinajstić information content (AvgIpc) is 2.91. The van der Waals surface area contributed by atoms with Crippen LogP contribution >= 0.6 is 0 Å². The predicted octanol–water partition coefficient (Wildman–Crippen LogP) is 3.56. The van der Waals surface area contributed by atoms with Crippen LogP contribution in [0.4, 0.5) is 0 Å². The maximum absolute atomic E-state index is 5.81. The third-order valence-corrected chi connectivity index (χ3v) is 4.09. The van der Waals surface area contributed by atoms with Gasteiger partial charge in [-0.3, -0.25) is 0 Å². The Morgan fingerprint density at radius 1 is 1.10 bits per heavy atom. The summed E-state index contributed by atoms with van der Waals surface area (Å²) in [5, 5.41) is 3.32. The summed E-state index contributed by atoms with van der Waals surface area (Å²) >= 11 is 0. The molecule has 2 heteroatoms. The van der Waals surface area contributed by atoms with Crippen molar-refractivity contribution in [3.8, 4) is 5.75 Å². The van der Waals surface area contributed by atoms with Gasteiger partial charge < -0.3 is 10.1 Å². The quantitative estimate of drug-likeness (QED) is 0.894. The molecule has 104 valence electrons. The smallest absolute Gasteiger partial charge is 0.122 e. The van der Waals surface area contributed by atoms with Crippen LogP contribution in [0.1, 0.15) is 29.4 Å². The number of likely N-dealkylation sites (N-methyl/N-ethyl adjacent to an activating group) is 1. The molecule has 1 N–H and O–H groups in total. The molecule has 2 unspecified atom stereocenters. The first-order chi connectivity index (χ1) is 9.88. The SMILES string of the molecule is CNCC(CC1COc2ccccc21)c1ccccc1. The highest BCUT2D eigenvalue weighted by molar-refractivity contribution is 5.40. The monoisotopic (exact) mass is 267 g/mol. The molecule has 0 bridgehead atoms. The van der Waals surface area contributed by atoms with E-state index in [2.05, 4.69) is 53.8 Å². The van der Waals surface area contributed by atoms with Gasteiger partial charge in [0.2, 0.25) is 0 Å². The van der Waals surface area contributed by atoms with Crippen molar-refractivity contribution in [2.75, 3.05) is 20.2 Å². The topological polar surface area (TPSA) is 21.3 Å². The Hall–Kier alpha value is -1.80. The minimum Gasteiger partial charge on any atom is -0.493 e. The lowest BCUT2D eigenvalue weighted by Gasteiger charge is -2.20. The second-order valence-electron chi connectivity index (χ2n) is 5.45. The zero-order valence-electron chi connectivity index (χ0n) is 11.9. The Balaban J connectivity index is 1.78. The van der Waals surface area contributed by atoms with E-state index < -0.39 is 0 Å². The van der Waals surface area contributed by atoms with E-state index in [1.165, 1.54) is 11.1 Å². The summed E-state index contributed by atoms with van der Waals surface area (Å²) in [4.78, 5) is 0. The maximum atomic E-state index is 5.81. The Morgan fingerprint density at radius 3 is 2.65 bits per heavy atom. The largest absolute Gasteiger partial charge is 0.493 e. The summed E-state index contributed by atoms with van der Waals surface area (Å²) in [7, 11) is 2.02. The molecule has 2 aromatic carbocycles. The zero-order chi connectivity index (χ0) is 13.8. The van der Waals surface area contributed by atoms with E-state index in [-0.39, 0.29) is 0 Å². The first kappa shape index (κ1) is 13.2. The minimum atomic E-state index is 0.504. The predicted molar refractivity (Wildman–Crippen MR) is 82.4 cm³/mol. The van der Waals surface area contributed by atoms with Crippen molar-refractivity contribution < 1.29 is 4.74 Å². The Bertz CT molecular complexity index is 552. The lowest BCUT2D eigenvalue weighted by molar-refractivity contribution is 0.317. The molecule has 0 radical (unpaired) electrons. The molecule has 1 heterocycles. The fourth-order valence-corrected chi connectivity index (χ4v) is 3.08. The lowest BCUT2D eigenvalue weighted by atomic mass is 9.86. The standard InChI is InChI=1S/C18H21NO/c1-19-12-15(14-7-3-2-4-8-14)11-16-13-20-18-10-6-5-9-17(16)18/h2-10,15-16,19H,11-13H2,1H3. The number of para-hydroxylation sites is 1. The van der Waals surface area contributed by atoms with Gasteiger partial charge in [0.15, 0.2) is 0 Å². The molecule has 2 aromatic rings. The van der Waals surface area contributed by atoms with Gasteiger partial charge >= 0.3 is 0 Å². The molecule has 0 aliphatic carbocycles. The molecule has 0 fully saturated rings. The van der Waals surface area contributed by atoms with Crippen molar-refractivity contribution in [1.29, 1.82) is 0 Å². The number of fused-ring (bicyclic) bond motifs is 1. The highest BCUT2D eigenvalue weighted by Gasteiger charge is 2.26. The highest BCUT2D eigenvalue weighted by Crippen LogP contribution is 2.39. The van der Waals surface area contributed by atoms with Crippen LogP contribution in [0.15, 0.2) is 54.6 Å². The third kappa shape index (κ3) is 2.70. The van der Waals surface area contributed by atoms with Crippen molar-refractivity contribution >= 4 is 0 Å². The van der Waals surface area contributed by atoms with Crippen molar-refractivity contribution in [2.45, 2.75) is 18.3 Å². The summed E-state index contributed by atoms with van der Waals surface area (Å²) < 4.78 is 5.81. The van der Waals surface area contributed by atoms with E-state index in [0.717, 1.165) is 25.3 Å². The number of rotatable bonds is 5. The van der Waals surface area contributed by atoms with Gasteiger partial charge in [0.1, 0.15) is 5.75 Å². The van der Waals surface area contributed by atoms with Crippen molar-refractivity contribution in [3.05, 3.63) is 65.7 Å². The molecular weight excluding hydrogens is 246 g/mol. The molecule has 1 aliphatic rings. The first-order valence-corrected chi connectivity index (χ1v) is 7.29. The van der Waals surface area contributed by atoms with E-state index in [1.54, 1.807) is 0 Å². The second-order valence-corrected chi connectivity index (χ2v) is 5.45. The van der Waals surface area contributed by atoms with Crippen LogP contribution in [-0.2, 0) is 0 Å². The fraction of sp³-hybridized carbons (Fsp3) is 0.333. The summed E-state index contributed by atoms with van der Waals surface area (Å²) in [6.07, 6.45) is 1.13. The van der Waals surface area contributed by atoms with Crippen LogP contribution in [0.25, 0.3) is 0 Å². The first-order valence-electron chi connectivity index (χ1n) is 7.29. The van der Waals surface area contributed by atoms with Gasteiger partial charge in [-0.05, 0) is 31.0 Å². The van der Waals surface area contributed by atoms with Crippen molar-refractivity contribution in [2.24, 2.45) is 0 Å². The summed E-state index contributed by atoms with van der Waals surface area (Å²) in [6.45, 7) is 1.81. The summed E-state index contributed by atoms with van der Waals surface area (Å²) in [5.74, 6) is 2.10. The number of nitrogens with one attached hydrogen (secondary N) is 1. The highest BCUT2D eigenvalue weighted by atomic mass is 16.5. The van der Waals surface area contributed by atoms with E-state index in [1.807, 2.05) is 13.1 Å². The van der Waals surface area contributed by atoms with Crippen LogP contribution < -0.4 is 10.1 Å². The third-order valence-electron chi connectivity index (χ3n) is 4.09. The second kappa shape index (κ2) is 6.10. The van der Waals surface area contributed by atoms with Crippen molar-refractivity contribution in [1.82, 2.24) is 5.32 Å². The molecule has 0 amide bonds. The molecule has 20 heavy (non-hydrogen) atoms. The average molecular weight is 267 g/mol. The Labute approximate surface area is 120 Å². The summed E-state index contributed by atoms with van der Waals surface area (Å²) in [5.41, 5.74) is 2.77. The number of hydrogen-bond acceptors (Lipinski definition) is 2. The van der Waals surface area contributed by atoms with Crippen LogP contribution in [0.5, 0.6) is 5.75 Å². The number of hydrogen-bond donors (Lipinski definition) is 1. The van der Waals surface area contributed by atoms with Gasteiger partial charge in [0.25, 0.3) is 0 Å². The van der Waals surface area contributed by atoms with Crippen LogP contribution in [0.2, 0.25) is 0 Å². The molecule has 2 nitrogen and oxygen atoms in total.